The molecule has 0 saturated heterocycles. The Morgan fingerprint density at radius 1 is 0.949 bits per heavy atom. The van der Waals surface area contributed by atoms with Gasteiger partial charge < -0.3 is 10.1 Å². The number of ketones is 1. The Morgan fingerprint density at radius 2 is 1.62 bits per heavy atom. The van der Waals surface area contributed by atoms with Crippen LogP contribution in [0.15, 0.2) is 54.4 Å². The van der Waals surface area contributed by atoms with E-state index in [-0.39, 0.29) is 42.5 Å². The van der Waals surface area contributed by atoms with Gasteiger partial charge >= 0.3 is 0 Å². The largest absolute Gasteiger partial charge is 0.512 e. The topological polar surface area (TPSA) is 63.1 Å². The minimum atomic E-state index is -0.417. The molecule has 1 radical (unpaired) electrons. The average molecular weight is 700 g/mol. The summed E-state index contributed by atoms with van der Waals surface area (Å²) in [6.07, 6.45) is 3.26. The van der Waals surface area contributed by atoms with Gasteiger partial charge in [-0.2, -0.15) is 0 Å². The molecule has 4 aromatic rings. The minimum absolute atomic E-state index is 0. The van der Waals surface area contributed by atoms with Crippen LogP contribution in [-0.2, 0) is 30.3 Å². The Morgan fingerprint density at radius 3 is 2.23 bits per heavy atom. The van der Waals surface area contributed by atoms with E-state index >= 15 is 0 Å². The number of rotatable bonds is 1. The molecule has 0 amide bonds. The molecule has 4 nitrogen and oxygen atoms in total. The summed E-state index contributed by atoms with van der Waals surface area (Å²) in [5, 5.41) is 14.6. The maximum absolute atomic E-state index is 11.5. The number of hydrogen-bond acceptors (Lipinski definition) is 4. The first-order valence-corrected chi connectivity index (χ1v) is 13.2. The van der Waals surface area contributed by atoms with Crippen LogP contribution in [-0.4, -0.2) is 20.9 Å². The van der Waals surface area contributed by atoms with Gasteiger partial charge in [0.2, 0.25) is 0 Å². The summed E-state index contributed by atoms with van der Waals surface area (Å²) in [4.78, 5) is 20.9. The molecule has 1 aliphatic carbocycles. The van der Waals surface area contributed by atoms with Crippen LogP contribution in [0.1, 0.15) is 77.9 Å². The van der Waals surface area contributed by atoms with Crippen LogP contribution in [0.2, 0.25) is 0 Å². The van der Waals surface area contributed by atoms with Gasteiger partial charge in [-0.3, -0.25) is 9.78 Å². The number of aromatic nitrogens is 2. The van der Waals surface area contributed by atoms with E-state index in [9.17, 15) is 9.90 Å². The summed E-state index contributed by atoms with van der Waals surface area (Å²) in [7, 11) is 0. The summed E-state index contributed by atoms with van der Waals surface area (Å²) in [5.74, 6) is 0.104. The predicted molar refractivity (Wildman–Crippen MR) is 158 cm³/mol. The summed E-state index contributed by atoms with van der Waals surface area (Å²) in [6.45, 7) is 19.9. The average Bonchev–Trinajstić information content (AvgIpc) is 2.82. The first-order chi connectivity index (χ1) is 17.5. The molecule has 0 atom stereocenters. The van der Waals surface area contributed by atoms with Crippen LogP contribution in [0.25, 0.3) is 32.8 Å². The molecule has 207 valence electrons. The fourth-order valence-electron chi connectivity index (χ4n) is 4.96. The number of benzene rings is 2. The number of carbonyl (C=O) groups is 1. The van der Waals surface area contributed by atoms with Gasteiger partial charge in [-0.15, -0.1) is 35.4 Å². The van der Waals surface area contributed by atoms with Crippen molar-refractivity contribution in [3.05, 3.63) is 83.0 Å². The number of carbonyl (C=O) groups excluding carboxylic acids is 1. The Kier molecular flexibility index (Phi) is 8.33. The molecule has 5 rings (SSSR count). The monoisotopic (exact) mass is 700 g/mol. The first kappa shape index (κ1) is 30.7. The molecule has 0 saturated carbocycles. The van der Waals surface area contributed by atoms with Gasteiger partial charge in [-0.1, -0.05) is 55.4 Å². The van der Waals surface area contributed by atoms with E-state index in [1.807, 2.05) is 53.8 Å². The first-order valence-electron chi connectivity index (χ1n) is 13.2. The third-order valence-electron chi connectivity index (χ3n) is 7.39. The van der Waals surface area contributed by atoms with Gasteiger partial charge in [-0.05, 0) is 64.9 Å². The summed E-state index contributed by atoms with van der Waals surface area (Å²) in [5.41, 5.74) is 6.10. The Hall–Kier alpha value is -2.88. The Balaban J connectivity index is 0.000000260. The van der Waals surface area contributed by atoms with Gasteiger partial charge in [0.05, 0.1) is 0 Å². The second-order valence-corrected chi connectivity index (χ2v) is 12.9. The molecule has 5 heteroatoms. The number of allylic oxidation sites excluding steroid dienone is 2. The SMILES string of the molecule is CC(C)(C)C(=O)/C=C(\O)C(C)(C)C.Cc1cc2c(cc3c4c(nccc42)-c2[c-]cccc2C3(C)C)c(C)n1.[Ir]. The van der Waals surface area contributed by atoms with E-state index < -0.39 is 5.41 Å². The van der Waals surface area contributed by atoms with Crippen LogP contribution >= 0.6 is 0 Å². The van der Waals surface area contributed by atoms with Crippen molar-refractivity contribution in [1.29, 1.82) is 0 Å². The molecular weight excluding hydrogens is 661 g/mol. The van der Waals surface area contributed by atoms with Crippen molar-refractivity contribution in [2.24, 2.45) is 10.8 Å². The van der Waals surface area contributed by atoms with E-state index in [0.717, 1.165) is 22.6 Å². The zero-order valence-electron chi connectivity index (χ0n) is 24.7. The van der Waals surface area contributed by atoms with Gasteiger partial charge in [0, 0.05) is 60.0 Å². The van der Waals surface area contributed by atoms with E-state index in [2.05, 4.69) is 64.1 Å². The number of fused-ring (bicyclic) bond motifs is 4. The normalized spacial score (nSPS) is 14.3. The fraction of sp³-hybridized carbons (Fsp3) is 0.382. The third-order valence-corrected chi connectivity index (χ3v) is 7.39. The molecule has 2 heterocycles. The van der Waals surface area contributed by atoms with Crippen molar-refractivity contribution >= 4 is 27.3 Å². The summed E-state index contributed by atoms with van der Waals surface area (Å²) < 4.78 is 0. The Labute approximate surface area is 246 Å². The van der Waals surface area contributed by atoms with E-state index in [0.29, 0.717) is 0 Å². The van der Waals surface area contributed by atoms with Gasteiger partial charge in [0.1, 0.15) is 5.76 Å². The number of aliphatic hydroxyl groups is 1. The van der Waals surface area contributed by atoms with E-state index in [1.165, 1.54) is 38.7 Å². The molecule has 2 aromatic heterocycles. The van der Waals surface area contributed by atoms with Crippen molar-refractivity contribution in [2.75, 3.05) is 0 Å². The molecular formula is C34H39IrN2O2-. The van der Waals surface area contributed by atoms with E-state index in [1.54, 1.807) is 0 Å². The molecule has 0 fully saturated rings. The van der Waals surface area contributed by atoms with Crippen LogP contribution in [0.4, 0.5) is 0 Å². The predicted octanol–water partition coefficient (Wildman–Crippen LogP) is 8.59. The zero-order chi connectivity index (χ0) is 28.2. The smallest absolute Gasteiger partial charge is 0.164 e. The maximum atomic E-state index is 11.5. The minimum Gasteiger partial charge on any atom is -0.512 e. The molecule has 1 aliphatic rings. The van der Waals surface area contributed by atoms with E-state index in [4.69, 9.17) is 9.97 Å². The fourth-order valence-corrected chi connectivity index (χ4v) is 4.96. The van der Waals surface area contributed by atoms with Crippen molar-refractivity contribution in [1.82, 2.24) is 9.97 Å². The van der Waals surface area contributed by atoms with Crippen LogP contribution in [0, 0.1) is 30.7 Å². The molecule has 1 N–H and O–H groups in total. The quantitative estimate of drug-likeness (QED) is 0.0936. The molecule has 0 unspecified atom stereocenters. The van der Waals surface area contributed by atoms with Crippen molar-refractivity contribution < 1.29 is 30.0 Å². The maximum Gasteiger partial charge on any atom is 0.164 e. The van der Waals surface area contributed by atoms with Crippen molar-refractivity contribution in [3.63, 3.8) is 0 Å². The molecule has 0 spiro atoms. The van der Waals surface area contributed by atoms with Gasteiger partial charge in [-0.25, -0.2) is 0 Å². The number of pyridine rings is 2. The van der Waals surface area contributed by atoms with Crippen molar-refractivity contribution in [3.8, 4) is 11.3 Å². The third kappa shape index (κ3) is 5.71. The number of aryl methyl sites for hydroxylation is 2. The van der Waals surface area contributed by atoms with Crippen LogP contribution in [0.3, 0.4) is 0 Å². The summed E-state index contributed by atoms with van der Waals surface area (Å²) in [6, 6.07) is 16.4. The Bertz CT molecular complexity index is 1600. The molecule has 39 heavy (non-hydrogen) atoms. The molecule has 0 aliphatic heterocycles. The standard InChI is InChI=1S/C23H19N2.C11H20O2.Ir/c1-13-11-18-15-9-10-24-22-16-7-5-6-8-19(16)23(3,4)20(21(15)22)12-17(18)14(2)25-13;1-10(2,3)8(12)7-9(13)11(4,5)6;/h5-6,8-12H,1-4H3;7,12H,1-6H3;/q-1;;/b;8-7-;. The van der Waals surface area contributed by atoms with Gasteiger partial charge in [0.25, 0.3) is 0 Å². The number of aliphatic hydroxyl groups excluding tert-OH is 1. The summed E-state index contributed by atoms with van der Waals surface area (Å²) >= 11 is 0. The second-order valence-electron chi connectivity index (χ2n) is 12.9. The number of hydrogen-bond donors (Lipinski definition) is 1. The van der Waals surface area contributed by atoms with Crippen LogP contribution in [0.5, 0.6) is 0 Å². The van der Waals surface area contributed by atoms with Crippen molar-refractivity contribution in [2.45, 2.75) is 74.7 Å². The second kappa shape index (κ2) is 10.6. The molecule has 2 aromatic carbocycles. The molecule has 0 bridgehead atoms. The zero-order valence-corrected chi connectivity index (χ0v) is 27.1. The van der Waals surface area contributed by atoms with Crippen LogP contribution < -0.4 is 0 Å². The number of nitrogens with zero attached hydrogens (tertiary/aromatic N) is 2. The van der Waals surface area contributed by atoms with Gasteiger partial charge in [0.15, 0.2) is 5.78 Å².